The van der Waals surface area contributed by atoms with Crippen LogP contribution in [0.5, 0.6) is 0 Å². The van der Waals surface area contributed by atoms with Gasteiger partial charge >= 0.3 is 0 Å². The average Bonchev–Trinajstić information content (AvgIpc) is 4.19. The monoisotopic (exact) mass is 893 g/mol. The Morgan fingerprint density at radius 3 is 1.23 bits per heavy atom. The van der Waals surface area contributed by atoms with E-state index in [1.54, 1.807) is 0 Å². The molecule has 5 aromatic heterocycles. The molecule has 5 nitrogen and oxygen atoms in total. The number of para-hydroxylation sites is 4. The number of hydrogen-bond donors (Lipinski definition) is 0. The lowest BCUT2D eigenvalue weighted by Gasteiger charge is -2.12. The second-order valence-corrected chi connectivity index (χ2v) is 18.3. The first-order valence-corrected chi connectivity index (χ1v) is 23.8. The Bertz CT molecular complexity index is 4330. The fourth-order valence-corrected chi connectivity index (χ4v) is 11.2. The normalized spacial score (nSPS) is 12.0. The van der Waals surface area contributed by atoms with Gasteiger partial charge in [-0.3, -0.25) is 4.98 Å². The van der Waals surface area contributed by atoms with Gasteiger partial charge in [-0.15, -0.1) is 0 Å². The summed E-state index contributed by atoms with van der Waals surface area (Å²) in [6.45, 7) is 0. The van der Waals surface area contributed by atoms with Crippen molar-refractivity contribution in [3.8, 4) is 56.0 Å². The lowest BCUT2D eigenvalue weighted by Crippen LogP contribution is -1.94. The first kappa shape index (κ1) is 38.6. The standard InChI is InChI=1S/C65H39N3O2/c1-5-25-56-53(23-1)62-58(31-29-51-49-21-3-7-27-60(49)69-64(51)62)67(56)47-19-11-16-43(37-47)40-13-9-14-41(35-40)45-33-34-66-55(39-45)46-18-10-15-42(36-46)44-17-12-20-48(38-44)68-57-26-6-2-24-54(57)63-59(68)32-30-52-50-22-4-8-28-61(50)70-65(52)63/h1-39H. The van der Waals surface area contributed by atoms with Gasteiger partial charge in [0, 0.05) is 55.5 Å². The van der Waals surface area contributed by atoms with E-state index in [1.807, 2.05) is 18.3 Å². The van der Waals surface area contributed by atoms with Gasteiger partial charge in [-0.05, 0) is 130 Å². The quantitative estimate of drug-likeness (QED) is 0.167. The molecule has 0 radical (unpaired) electrons. The highest BCUT2D eigenvalue weighted by molar-refractivity contribution is 6.25. The number of rotatable bonds is 6. The third-order valence-corrected chi connectivity index (χ3v) is 14.3. The molecule has 0 spiro atoms. The first-order chi connectivity index (χ1) is 34.7. The van der Waals surface area contributed by atoms with E-state index in [-0.39, 0.29) is 0 Å². The minimum absolute atomic E-state index is 0.904. The lowest BCUT2D eigenvalue weighted by atomic mass is 9.97. The van der Waals surface area contributed by atoms with Crippen molar-refractivity contribution in [1.29, 1.82) is 0 Å². The fourth-order valence-electron chi connectivity index (χ4n) is 11.2. The molecular weight excluding hydrogens is 855 g/mol. The van der Waals surface area contributed by atoms with Crippen LogP contribution in [0.1, 0.15) is 0 Å². The van der Waals surface area contributed by atoms with Crippen molar-refractivity contribution in [2.45, 2.75) is 0 Å². The highest BCUT2D eigenvalue weighted by atomic mass is 16.3. The van der Waals surface area contributed by atoms with Crippen molar-refractivity contribution in [3.63, 3.8) is 0 Å². The van der Waals surface area contributed by atoms with Crippen LogP contribution < -0.4 is 0 Å². The van der Waals surface area contributed by atoms with Crippen LogP contribution in [0.25, 0.3) is 144 Å². The van der Waals surface area contributed by atoms with Gasteiger partial charge in [-0.2, -0.15) is 0 Å². The van der Waals surface area contributed by atoms with Crippen LogP contribution in [-0.2, 0) is 0 Å². The molecule has 0 aliphatic rings. The first-order valence-electron chi connectivity index (χ1n) is 23.8. The molecule has 15 rings (SSSR count). The molecule has 0 unspecified atom stereocenters. The number of aromatic nitrogens is 3. The molecule has 0 amide bonds. The van der Waals surface area contributed by atoms with Crippen molar-refractivity contribution in [2.75, 3.05) is 0 Å². The number of fused-ring (bicyclic) bond motifs is 14. The van der Waals surface area contributed by atoms with Crippen molar-refractivity contribution < 1.29 is 8.83 Å². The maximum absolute atomic E-state index is 6.57. The third kappa shape index (κ3) is 5.82. The Hall–Kier alpha value is -9.45. The highest BCUT2D eigenvalue weighted by Crippen LogP contribution is 2.43. The molecule has 0 saturated heterocycles. The number of pyridine rings is 1. The van der Waals surface area contributed by atoms with Gasteiger partial charge in [0.25, 0.3) is 0 Å². The summed E-state index contributed by atoms with van der Waals surface area (Å²) in [5.41, 5.74) is 19.1. The topological polar surface area (TPSA) is 49.0 Å². The Labute approximate surface area is 401 Å². The lowest BCUT2D eigenvalue weighted by molar-refractivity contribution is 0.672. The molecule has 0 aliphatic carbocycles. The van der Waals surface area contributed by atoms with Gasteiger partial charge in [0.2, 0.25) is 0 Å². The van der Waals surface area contributed by atoms with Gasteiger partial charge in [0.15, 0.2) is 0 Å². The Morgan fingerprint density at radius 1 is 0.286 bits per heavy atom. The summed E-state index contributed by atoms with van der Waals surface area (Å²) >= 11 is 0. The number of hydrogen-bond acceptors (Lipinski definition) is 3. The van der Waals surface area contributed by atoms with Crippen molar-refractivity contribution >= 4 is 87.5 Å². The second-order valence-electron chi connectivity index (χ2n) is 18.3. The van der Waals surface area contributed by atoms with Crippen LogP contribution in [0, 0.1) is 0 Å². The molecule has 0 bridgehead atoms. The summed E-state index contributed by atoms with van der Waals surface area (Å²) in [4.78, 5) is 4.92. The second kappa shape index (κ2) is 15.0. The predicted molar refractivity (Wildman–Crippen MR) is 289 cm³/mol. The molecule has 326 valence electrons. The smallest absolute Gasteiger partial charge is 0.145 e. The third-order valence-electron chi connectivity index (χ3n) is 14.3. The van der Waals surface area contributed by atoms with Crippen LogP contribution >= 0.6 is 0 Å². The SMILES string of the molecule is c1cc(-c2cccc(-n3c4ccccc4c4c5oc6ccccc6c5ccc43)c2)cc(-c2ccnc(-c3cccc(-c4cccc(-n5c6ccccc6c6c7oc8ccccc8c7ccc65)c4)c3)c2)c1. The van der Waals surface area contributed by atoms with Gasteiger partial charge in [-0.25, -0.2) is 0 Å². The van der Waals surface area contributed by atoms with Gasteiger partial charge in [0.05, 0.1) is 38.5 Å². The zero-order valence-electron chi connectivity index (χ0n) is 37.7. The van der Waals surface area contributed by atoms with Crippen molar-refractivity contribution in [2.24, 2.45) is 0 Å². The molecule has 15 aromatic rings. The minimum atomic E-state index is 0.904. The van der Waals surface area contributed by atoms with Gasteiger partial charge in [0.1, 0.15) is 22.3 Å². The van der Waals surface area contributed by atoms with E-state index in [9.17, 15) is 0 Å². The van der Waals surface area contributed by atoms with E-state index in [0.29, 0.717) is 0 Å². The fraction of sp³-hybridized carbons (Fsp3) is 0. The van der Waals surface area contributed by atoms with Crippen LogP contribution in [0.3, 0.4) is 0 Å². The highest BCUT2D eigenvalue weighted by Gasteiger charge is 2.21. The number of benzene rings is 10. The molecule has 10 aromatic carbocycles. The summed E-state index contributed by atoms with van der Waals surface area (Å²) in [7, 11) is 0. The van der Waals surface area contributed by atoms with E-state index < -0.39 is 0 Å². The molecular formula is C65H39N3O2. The minimum Gasteiger partial charge on any atom is -0.455 e. The molecule has 70 heavy (non-hydrogen) atoms. The molecule has 5 heteroatoms. The summed E-state index contributed by atoms with van der Waals surface area (Å²) < 4.78 is 17.9. The van der Waals surface area contributed by atoms with Crippen LogP contribution in [0.4, 0.5) is 0 Å². The molecule has 5 heterocycles. The summed E-state index contributed by atoms with van der Waals surface area (Å²) in [5, 5.41) is 9.15. The Kier molecular flexibility index (Phi) is 8.29. The van der Waals surface area contributed by atoms with Crippen LogP contribution in [0.15, 0.2) is 246 Å². The average molecular weight is 894 g/mol. The van der Waals surface area contributed by atoms with E-state index >= 15 is 0 Å². The van der Waals surface area contributed by atoms with Crippen LogP contribution in [0.2, 0.25) is 0 Å². The molecule has 0 fully saturated rings. The maximum atomic E-state index is 6.57. The van der Waals surface area contributed by atoms with Crippen molar-refractivity contribution in [1.82, 2.24) is 14.1 Å². The van der Waals surface area contributed by atoms with E-state index in [4.69, 9.17) is 13.8 Å². The number of furan rings is 2. The van der Waals surface area contributed by atoms with E-state index in [1.165, 1.54) is 10.8 Å². The zero-order chi connectivity index (χ0) is 45.9. The predicted octanol–water partition coefficient (Wildman–Crippen LogP) is 17.7. The Morgan fingerprint density at radius 2 is 0.700 bits per heavy atom. The maximum Gasteiger partial charge on any atom is 0.145 e. The number of nitrogens with zero attached hydrogens (tertiary/aromatic N) is 3. The molecule has 0 N–H and O–H groups in total. The zero-order valence-corrected chi connectivity index (χ0v) is 37.7. The Balaban J connectivity index is 0.771. The van der Waals surface area contributed by atoms with Gasteiger partial charge in [-0.1, -0.05) is 133 Å². The molecule has 0 atom stereocenters. The largest absolute Gasteiger partial charge is 0.455 e. The summed E-state index contributed by atoms with van der Waals surface area (Å²) in [6, 6.07) is 82.3. The van der Waals surface area contributed by atoms with E-state index in [2.05, 4.69) is 228 Å². The van der Waals surface area contributed by atoms with Crippen molar-refractivity contribution in [3.05, 3.63) is 237 Å². The van der Waals surface area contributed by atoms with E-state index in [0.717, 1.165) is 133 Å². The molecule has 0 aliphatic heterocycles. The molecule has 0 saturated carbocycles. The summed E-state index contributed by atoms with van der Waals surface area (Å²) in [5.74, 6) is 0. The van der Waals surface area contributed by atoms with Gasteiger partial charge < -0.3 is 18.0 Å². The van der Waals surface area contributed by atoms with Crippen LogP contribution in [-0.4, -0.2) is 14.1 Å². The summed E-state index contributed by atoms with van der Waals surface area (Å²) in [6.07, 6.45) is 1.92.